The molecule has 5 nitrogen and oxygen atoms in total. The standard InChI is InChI=1S/C15H20N2O3/c1-9-4-5-11(15(19)20-3)6-13(9)17-14(18)12-8-16-7-10(12)2/h4-6,10,12,16H,7-8H2,1-3H3,(H,17,18). The first-order chi connectivity index (χ1) is 9.52. The number of hydrogen-bond acceptors (Lipinski definition) is 4. The highest BCUT2D eigenvalue weighted by molar-refractivity contribution is 5.96. The molecular weight excluding hydrogens is 256 g/mol. The Morgan fingerprint density at radius 1 is 1.35 bits per heavy atom. The van der Waals surface area contributed by atoms with Crippen molar-refractivity contribution in [1.82, 2.24) is 5.32 Å². The van der Waals surface area contributed by atoms with Crippen molar-refractivity contribution in [2.24, 2.45) is 11.8 Å². The zero-order valence-corrected chi connectivity index (χ0v) is 12.0. The van der Waals surface area contributed by atoms with E-state index in [2.05, 4.69) is 17.6 Å². The number of ether oxygens (including phenoxy) is 1. The summed E-state index contributed by atoms with van der Waals surface area (Å²) in [5.41, 5.74) is 2.02. The van der Waals surface area contributed by atoms with Gasteiger partial charge in [0.1, 0.15) is 0 Å². The number of esters is 1. The molecule has 2 atom stereocenters. The van der Waals surface area contributed by atoms with Gasteiger partial charge in [0.05, 0.1) is 18.6 Å². The fourth-order valence-electron chi connectivity index (χ4n) is 2.39. The van der Waals surface area contributed by atoms with E-state index in [4.69, 9.17) is 4.74 Å². The topological polar surface area (TPSA) is 67.4 Å². The summed E-state index contributed by atoms with van der Waals surface area (Å²) in [5, 5.41) is 6.12. The Morgan fingerprint density at radius 2 is 2.10 bits per heavy atom. The Morgan fingerprint density at radius 3 is 2.70 bits per heavy atom. The van der Waals surface area contributed by atoms with Crippen LogP contribution < -0.4 is 10.6 Å². The average molecular weight is 276 g/mol. The summed E-state index contributed by atoms with van der Waals surface area (Å²) in [6, 6.07) is 5.15. The van der Waals surface area contributed by atoms with Crippen molar-refractivity contribution in [1.29, 1.82) is 0 Å². The molecular formula is C15H20N2O3. The van der Waals surface area contributed by atoms with Gasteiger partial charge < -0.3 is 15.4 Å². The largest absolute Gasteiger partial charge is 0.465 e. The minimum Gasteiger partial charge on any atom is -0.465 e. The molecule has 2 N–H and O–H groups in total. The van der Waals surface area contributed by atoms with Crippen LogP contribution in [0, 0.1) is 18.8 Å². The van der Waals surface area contributed by atoms with Crippen LogP contribution >= 0.6 is 0 Å². The van der Waals surface area contributed by atoms with Crippen molar-refractivity contribution < 1.29 is 14.3 Å². The zero-order chi connectivity index (χ0) is 14.7. The van der Waals surface area contributed by atoms with Crippen LogP contribution in [-0.2, 0) is 9.53 Å². The summed E-state index contributed by atoms with van der Waals surface area (Å²) >= 11 is 0. The van der Waals surface area contributed by atoms with Gasteiger partial charge in [-0.2, -0.15) is 0 Å². The first-order valence-electron chi connectivity index (χ1n) is 6.73. The molecule has 108 valence electrons. The van der Waals surface area contributed by atoms with Crippen LogP contribution in [0.2, 0.25) is 0 Å². The third-order valence-electron chi connectivity index (χ3n) is 3.77. The first kappa shape index (κ1) is 14.5. The lowest BCUT2D eigenvalue weighted by Gasteiger charge is -2.16. The fourth-order valence-corrected chi connectivity index (χ4v) is 2.39. The quantitative estimate of drug-likeness (QED) is 0.822. The summed E-state index contributed by atoms with van der Waals surface area (Å²) in [4.78, 5) is 23.8. The van der Waals surface area contributed by atoms with Crippen LogP contribution in [0.15, 0.2) is 18.2 Å². The van der Waals surface area contributed by atoms with Crippen molar-refractivity contribution in [3.63, 3.8) is 0 Å². The summed E-state index contributed by atoms with van der Waals surface area (Å²) in [5.74, 6) is -0.126. The second kappa shape index (κ2) is 6.05. The summed E-state index contributed by atoms with van der Waals surface area (Å²) < 4.78 is 4.69. The van der Waals surface area contributed by atoms with Gasteiger partial charge in [-0.05, 0) is 37.1 Å². The minimum absolute atomic E-state index is 0.00684. The van der Waals surface area contributed by atoms with Crippen LogP contribution in [-0.4, -0.2) is 32.1 Å². The number of carbonyl (C=O) groups excluding carboxylic acids is 2. The van der Waals surface area contributed by atoms with Gasteiger partial charge in [-0.15, -0.1) is 0 Å². The summed E-state index contributed by atoms with van der Waals surface area (Å²) in [7, 11) is 1.34. The molecule has 0 radical (unpaired) electrons. The fraction of sp³-hybridized carbons (Fsp3) is 0.467. The Hall–Kier alpha value is -1.88. The average Bonchev–Trinajstić information content (AvgIpc) is 2.86. The predicted octanol–water partition coefficient (Wildman–Crippen LogP) is 1.58. The molecule has 1 amide bonds. The maximum atomic E-state index is 12.3. The maximum Gasteiger partial charge on any atom is 0.337 e. The van der Waals surface area contributed by atoms with Gasteiger partial charge >= 0.3 is 5.97 Å². The number of rotatable bonds is 3. The summed E-state index contributed by atoms with van der Waals surface area (Å²) in [6.07, 6.45) is 0. The smallest absolute Gasteiger partial charge is 0.337 e. The highest BCUT2D eigenvalue weighted by Gasteiger charge is 2.29. The number of carbonyl (C=O) groups is 2. The number of nitrogens with one attached hydrogen (secondary N) is 2. The van der Waals surface area contributed by atoms with Crippen molar-refractivity contribution >= 4 is 17.6 Å². The SMILES string of the molecule is COC(=O)c1ccc(C)c(NC(=O)C2CNCC2C)c1. The highest BCUT2D eigenvalue weighted by Crippen LogP contribution is 2.22. The number of benzene rings is 1. The normalized spacial score (nSPS) is 21.6. The Kier molecular flexibility index (Phi) is 4.39. The monoisotopic (exact) mass is 276 g/mol. The Bertz CT molecular complexity index is 528. The second-order valence-electron chi connectivity index (χ2n) is 5.25. The van der Waals surface area contributed by atoms with E-state index in [1.807, 2.05) is 6.92 Å². The van der Waals surface area contributed by atoms with Gasteiger partial charge in [0.25, 0.3) is 0 Å². The highest BCUT2D eigenvalue weighted by atomic mass is 16.5. The molecule has 2 unspecified atom stereocenters. The third-order valence-corrected chi connectivity index (χ3v) is 3.77. The van der Waals surface area contributed by atoms with Gasteiger partial charge in [-0.3, -0.25) is 4.79 Å². The molecule has 1 heterocycles. The molecule has 1 aromatic carbocycles. The Balaban J connectivity index is 2.16. The van der Waals surface area contributed by atoms with Crippen LogP contribution in [0.3, 0.4) is 0 Å². The molecule has 0 bridgehead atoms. The zero-order valence-electron chi connectivity index (χ0n) is 12.0. The van der Waals surface area contributed by atoms with Gasteiger partial charge in [0.2, 0.25) is 5.91 Å². The number of aryl methyl sites for hydroxylation is 1. The molecule has 0 aromatic heterocycles. The lowest BCUT2D eigenvalue weighted by atomic mass is 9.97. The second-order valence-corrected chi connectivity index (χ2v) is 5.25. The van der Waals surface area contributed by atoms with Crippen molar-refractivity contribution in [3.05, 3.63) is 29.3 Å². The van der Waals surface area contributed by atoms with Gasteiger partial charge in [-0.25, -0.2) is 4.79 Å². The lowest BCUT2D eigenvalue weighted by molar-refractivity contribution is -0.120. The molecule has 1 saturated heterocycles. The molecule has 0 spiro atoms. The number of methoxy groups -OCH3 is 1. The van der Waals surface area contributed by atoms with Crippen LogP contribution in [0.1, 0.15) is 22.8 Å². The number of anilines is 1. The first-order valence-corrected chi connectivity index (χ1v) is 6.73. The van der Waals surface area contributed by atoms with E-state index in [0.717, 1.165) is 12.1 Å². The number of hydrogen-bond donors (Lipinski definition) is 2. The minimum atomic E-state index is -0.406. The maximum absolute atomic E-state index is 12.3. The van der Waals surface area contributed by atoms with E-state index in [0.29, 0.717) is 23.7 Å². The van der Waals surface area contributed by atoms with E-state index in [-0.39, 0.29) is 11.8 Å². The van der Waals surface area contributed by atoms with E-state index < -0.39 is 5.97 Å². The number of amides is 1. The summed E-state index contributed by atoms with van der Waals surface area (Å²) in [6.45, 7) is 5.51. The molecule has 2 rings (SSSR count). The molecule has 1 fully saturated rings. The van der Waals surface area contributed by atoms with Crippen LogP contribution in [0.5, 0.6) is 0 Å². The van der Waals surface area contributed by atoms with Crippen LogP contribution in [0.25, 0.3) is 0 Å². The third kappa shape index (κ3) is 2.99. The van der Waals surface area contributed by atoms with Crippen molar-refractivity contribution in [2.45, 2.75) is 13.8 Å². The van der Waals surface area contributed by atoms with Gasteiger partial charge in [0, 0.05) is 12.2 Å². The molecule has 20 heavy (non-hydrogen) atoms. The molecule has 5 heteroatoms. The van der Waals surface area contributed by atoms with Gasteiger partial charge in [-0.1, -0.05) is 13.0 Å². The Labute approximate surface area is 118 Å². The van der Waals surface area contributed by atoms with Crippen molar-refractivity contribution in [2.75, 3.05) is 25.5 Å². The molecule has 1 aliphatic heterocycles. The van der Waals surface area contributed by atoms with Gasteiger partial charge in [0.15, 0.2) is 0 Å². The van der Waals surface area contributed by atoms with E-state index in [1.54, 1.807) is 18.2 Å². The molecule has 0 aliphatic carbocycles. The van der Waals surface area contributed by atoms with E-state index in [1.165, 1.54) is 7.11 Å². The van der Waals surface area contributed by atoms with E-state index >= 15 is 0 Å². The van der Waals surface area contributed by atoms with Crippen LogP contribution in [0.4, 0.5) is 5.69 Å². The lowest BCUT2D eigenvalue weighted by Crippen LogP contribution is -2.28. The van der Waals surface area contributed by atoms with E-state index in [9.17, 15) is 9.59 Å². The van der Waals surface area contributed by atoms with Crippen molar-refractivity contribution in [3.8, 4) is 0 Å². The predicted molar refractivity (Wildman–Crippen MR) is 76.7 cm³/mol. The molecule has 0 saturated carbocycles. The molecule has 1 aromatic rings. The molecule has 1 aliphatic rings.